The first-order valence-corrected chi connectivity index (χ1v) is 11.0. The molecule has 0 aliphatic carbocycles. The molecule has 4 heteroatoms. The third-order valence-corrected chi connectivity index (χ3v) is 6.02. The summed E-state index contributed by atoms with van der Waals surface area (Å²) in [6.45, 7) is 15.5. The van der Waals surface area contributed by atoms with Gasteiger partial charge in [0.1, 0.15) is 6.10 Å². The van der Waals surface area contributed by atoms with Gasteiger partial charge in [-0.2, -0.15) is 0 Å². The predicted molar refractivity (Wildman–Crippen MR) is 124 cm³/mol. The van der Waals surface area contributed by atoms with Gasteiger partial charge in [0.05, 0.1) is 5.56 Å². The van der Waals surface area contributed by atoms with Crippen molar-refractivity contribution in [2.45, 2.75) is 54.1 Å². The molecule has 3 rings (SSSR count). The number of nitrogens with one attached hydrogen (secondary N) is 1. The summed E-state index contributed by atoms with van der Waals surface area (Å²) in [6.07, 6.45) is 0.669. The Morgan fingerprint density at radius 2 is 1.80 bits per heavy atom. The van der Waals surface area contributed by atoms with E-state index in [0.29, 0.717) is 5.56 Å². The molecule has 0 spiro atoms. The third-order valence-electron chi connectivity index (χ3n) is 6.02. The topological polar surface area (TPSA) is 45.3 Å². The van der Waals surface area contributed by atoms with E-state index in [1.807, 2.05) is 13.8 Å². The number of hydrogen-bond acceptors (Lipinski definition) is 3. The van der Waals surface area contributed by atoms with Gasteiger partial charge in [0.15, 0.2) is 0 Å². The molecule has 1 unspecified atom stereocenters. The van der Waals surface area contributed by atoms with Gasteiger partial charge in [-0.05, 0) is 76.0 Å². The van der Waals surface area contributed by atoms with Crippen LogP contribution < -0.4 is 0 Å². The largest absolute Gasteiger partial charge is 0.454 e. The lowest BCUT2D eigenvalue weighted by Gasteiger charge is -2.18. The summed E-state index contributed by atoms with van der Waals surface area (Å²) in [5.74, 6) is -0.270. The Bertz CT molecular complexity index is 1030. The molecule has 0 radical (unpaired) electrons. The number of benzene rings is 2. The molecule has 30 heavy (non-hydrogen) atoms. The Hall–Kier alpha value is -2.59. The lowest BCUT2D eigenvalue weighted by atomic mass is 10.0. The monoisotopic (exact) mass is 406 g/mol. The standard InChI is InChI=1S/C26H34N2O2/c1-7-28(8-2)14-13-21-11-12-24-23(16-21)25(19(5)27-24)26(29)30-20(6)22-15-17(3)9-10-18(22)4/h9-12,15-16,20,27H,7-8,13-14H2,1-6H3. The number of ether oxygens (including phenoxy) is 1. The van der Waals surface area contributed by atoms with Gasteiger partial charge in [-0.1, -0.05) is 43.7 Å². The predicted octanol–water partition coefficient (Wildman–Crippen LogP) is 5.90. The van der Waals surface area contributed by atoms with Gasteiger partial charge in [0.25, 0.3) is 0 Å². The number of aryl methyl sites for hydroxylation is 3. The van der Waals surface area contributed by atoms with E-state index < -0.39 is 0 Å². The van der Waals surface area contributed by atoms with E-state index in [-0.39, 0.29) is 12.1 Å². The molecule has 0 aliphatic heterocycles. The number of likely N-dealkylation sites (N-methyl/N-ethyl adjacent to an activating group) is 1. The lowest BCUT2D eigenvalue weighted by molar-refractivity contribution is 0.0338. The van der Waals surface area contributed by atoms with Crippen LogP contribution in [0.1, 0.15) is 65.2 Å². The van der Waals surface area contributed by atoms with Crippen molar-refractivity contribution in [2.75, 3.05) is 19.6 Å². The summed E-state index contributed by atoms with van der Waals surface area (Å²) in [5, 5.41) is 0.947. The fourth-order valence-corrected chi connectivity index (χ4v) is 4.10. The zero-order valence-electron chi connectivity index (χ0n) is 19.1. The summed E-state index contributed by atoms with van der Waals surface area (Å²) >= 11 is 0. The average Bonchev–Trinajstić information content (AvgIpc) is 3.05. The van der Waals surface area contributed by atoms with Gasteiger partial charge in [-0.25, -0.2) is 4.79 Å². The van der Waals surface area contributed by atoms with E-state index in [2.05, 4.69) is 74.0 Å². The zero-order chi connectivity index (χ0) is 21.8. The van der Waals surface area contributed by atoms with Gasteiger partial charge in [0, 0.05) is 23.1 Å². The highest BCUT2D eigenvalue weighted by Crippen LogP contribution is 2.28. The van der Waals surface area contributed by atoms with Crippen molar-refractivity contribution in [1.29, 1.82) is 0 Å². The third kappa shape index (κ3) is 4.76. The van der Waals surface area contributed by atoms with Crippen molar-refractivity contribution in [1.82, 2.24) is 9.88 Å². The second kappa shape index (κ2) is 9.48. The Balaban J connectivity index is 1.85. The van der Waals surface area contributed by atoms with Crippen molar-refractivity contribution >= 4 is 16.9 Å². The number of carbonyl (C=O) groups excluding carboxylic acids is 1. The number of rotatable bonds is 8. The minimum atomic E-state index is -0.299. The van der Waals surface area contributed by atoms with Crippen molar-refractivity contribution in [3.05, 3.63) is 69.9 Å². The van der Waals surface area contributed by atoms with E-state index >= 15 is 0 Å². The van der Waals surface area contributed by atoms with Gasteiger partial charge in [-0.15, -0.1) is 0 Å². The molecule has 0 amide bonds. The summed E-state index contributed by atoms with van der Waals surface area (Å²) < 4.78 is 5.91. The second-order valence-electron chi connectivity index (χ2n) is 8.19. The number of nitrogens with zero attached hydrogens (tertiary/aromatic N) is 1. The van der Waals surface area contributed by atoms with Crippen LogP contribution in [0.15, 0.2) is 36.4 Å². The highest BCUT2D eigenvalue weighted by atomic mass is 16.5. The van der Waals surface area contributed by atoms with E-state index in [1.54, 1.807) is 0 Å². The zero-order valence-corrected chi connectivity index (χ0v) is 19.1. The number of esters is 1. The molecule has 0 fully saturated rings. The van der Waals surface area contributed by atoms with Crippen molar-refractivity contribution in [3.63, 3.8) is 0 Å². The number of aromatic nitrogens is 1. The molecule has 1 aromatic heterocycles. The average molecular weight is 407 g/mol. The quantitative estimate of drug-likeness (QED) is 0.474. The maximum atomic E-state index is 13.1. The molecule has 2 aromatic carbocycles. The van der Waals surface area contributed by atoms with Crippen LogP contribution in [0.4, 0.5) is 0 Å². The minimum Gasteiger partial charge on any atom is -0.454 e. The fourth-order valence-electron chi connectivity index (χ4n) is 4.10. The maximum Gasteiger partial charge on any atom is 0.341 e. The number of carbonyl (C=O) groups is 1. The van der Waals surface area contributed by atoms with Crippen molar-refractivity contribution in [3.8, 4) is 0 Å². The normalized spacial score (nSPS) is 12.5. The Morgan fingerprint density at radius 3 is 2.50 bits per heavy atom. The molecule has 0 saturated heterocycles. The first-order chi connectivity index (χ1) is 14.3. The Kier molecular flexibility index (Phi) is 6.99. The lowest BCUT2D eigenvalue weighted by Crippen LogP contribution is -2.25. The van der Waals surface area contributed by atoms with Crippen molar-refractivity contribution < 1.29 is 9.53 Å². The van der Waals surface area contributed by atoms with Gasteiger partial charge in [0.2, 0.25) is 0 Å². The molecule has 0 aliphatic rings. The van der Waals surface area contributed by atoms with Crippen LogP contribution in [-0.2, 0) is 11.2 Å². The number of fused-ring (bicyclic) bond motifs is 1. The smallest absolute Gasteiger partial charge is 0.341 e. The van der Waals surface area contributed by atoms with Gasteiger partial charge in [-0.3, -0.25) is 0 Å². The van der Waals surface area contributed by atoms with Crippen LogP contribution in [0.5, 0.6) is 0 Å². The van der Waals surface area contributed by atoms with Crippen LogP contribution in [0.25, 0.3) is 10.9 Å². The Morgan fingerprint density at radius 1 is 1.07 bits per heavy atom. The molecule has 3 aromatic rings. The summed E-state index contributed by atoms with van der Waals surface area (Å²) in [7, 11) is 0. The number of H-pyrrole nitrogens is 1. The van der Waals surface area contributed by atoms with Crippen molar-refractivity contribution in [2.24, 2.45) is 0 Å². The molecule has 4 nitrogen and oxygen atoms in total. The van der Waals surface area contributed by atoms with Gasteiger partial charge >= 0.3 is 5.97 Å². The maximum absolute atomic E-state index is 13.1. The summed E-state index contributed by atoms with van der Waals surface area (Å²) in [5.41, 5.74) is 7.07. The van der Waals surface area contributed by atoms with Crippen LogP contribution in [0.3, 0.4) is 0 Å². The molecule has 1 N–H and O–H groups in total. The van der Waals surface area contributed by atoms with E-state index in [4.69, 9.17) is 4.74 Å². The Labute approximate surface area is 180 Å². The molecule has 1 atom stereocenters. The fraction of sp³-hybridized carbons (Fsp3) is 0.423. The highest BCUT2D eigenvalue weighted by molar-refractivity contribution is 6.05. The molecule has 0 bridgehead atoms. The highest BCUT2D eigenvalue weighted by Gasteiger charge is 2.21. The SMILES string of the molecule is CCN(CC)CCc1ccc2[nH]c(C)c(C(=O)OC(C)c3cc(C)ccc3C)c2c1. The van der Waals surface area contributed by atoms with Gasteiger partial charge < -0.3 is 14.6 Å². The van der Waals surface area contributed by atoms with Crippen LogP contribution in [0, 0.1) is 20.8 Å². The number of aromatic amines is 1. The van der Waals surface area contributed by atoms with E-state index in [9.17, 15) is 4.79 Å². The first kappa shape index (κ1) is 22.1. The second-order valence-corrected chi connectivity index (χ2v) is 8.19. The summed E-state index contributed by atoms with van der Waals surface area (Å²) in [4.78, 5) is 18.9. The van der Waals surface area contributed by atoms with Crippen LogP contribution >= 0.6 is 0 Å². The number of hydrogen-bond donors (Lipinski definition) is 1. The van der Waals surface area contributed by atoms with Crippen LogP contribution in [-0.4, -0.2) is 35.5 Å². The van der Waals surface area contributed by atoms with E-state index in [1.165, 1.54) is 11.1 Å². The molecular formula is C26H34N2O2. The van der Waals surface area contributed by atoms with E-state index in [0.717, 1.165) is 53.8 Å². The summed E-state index contributed by atoms with van der Waals surface area (Å²) in [6, 6.07) is 12.6. The molecular weight excluding hydrogens is 372 g/mol. The van der Waals surface area contributed by atoms with Crippen LogP contribution in [0.2, 0.25) is 0 Å². The minimum absolute atomic E-state index is 0.270. The molecule has 1 heterocycles. The first-order valence-electron chi connectivity index (χ1n) is 11.0. The molecule has 160 valence electrons. The molecule has 0 saturated carbocycles.